The van der Waals surface area contributed by atoms with Crippen molar-refractivity contribution in [2.45, 2.75) is 12.8 Å². The lowest BCUT2D eigenvalue weighted by atomic mass is 9.64. The van der Waals surface area contributed by atoms with Crippen molar-refractivity contribution < 1.29 is 23.9 Å². The van der Waals surface area contributed by atoms with Gasteiger partial charge in [-0.25, -0.2) is 4.90 Å². The molecule has 180 valence electrons. The summed E-state index contributed by atoms with van der Waals surface area (Å²) in [4.78, 5) is 42.3. The Morgan fingerprint density at radius 3 is 2.36 bits per heavy atom. The lowest BCUT2D eigenvalue weighted by Crippen LogP contribution is -2.42. The number of carbonyl (C=O) groups excluding carboxylic acids is 3. The number of fused-ring (bicyclic) bond motifs is 5. The molecule has 3 aromatic carbocycles. The van der Waals surface area contributed by atoms with Crippen LogP contribution in [0.1, 0.15) is 22.6 Å². The second-order valence-electron chi connectivity index (χ2n) is 9.33. The monoisotopic (exact) mass is 499 g/mol. The number of imide groups is 1. The average molecular weight is 500 g/mol. The van der Waals surface area contributed by atoms with Crippen LogP contribution in [0.2, 0.25) is 5.02 Å². The number of aryl methyl sites for hydroxylation is 1. The molecule has 36 heavy (non-hydrogen) atoms. The molecule has 0 spiro atoms. The molecule has 0 unspecified atom stereocenters. The highest BCUT2D eigenvalue weighted by atomic mass is 35.5. The van der Waals surface area contributed by atoms with Crippen LogP contribution < -0.4 is 14.4 Å². The van der Waals surface area contributed by atoms with E-state index in [-0.39, 0.29) is 5.91 Å². The van der Waals surface area contributed by atoms with Crippen LogP contribution in [0.15, 0.2) is 72.8 Å². The summed E-state index contributed by atoms with van der Waals surface area (Å²) in [5.74, 6) is -3.21. The molecule has 6 rings (SSSR count). The van der Waals surface area contributed by atoms with Crippen molar-refractivity contribution in [2.75, 3.05) is 12.0 Å². The van der Waals surface area contributed by atoms with Gasteiger partial charge in [-0.2, -0.15) is 0 Å². The van der Waals surface area contributed by atoms with Gasteiger partial charge >= 0.3 is 5.97 Å². The molecule has 7 heteroatoms. The van der Waals surface area contributed by atoms with Crippen LogP contribution in [0.5, 0.6) is 11.5 Å². The van der Waals surface area contributed by atoms with Gasteiger partial charge in [0.05, 0.1) is 35.6 Å². The number of amides is 2. The van der Waals surface area contributed by atoms with Gasteiger partial charge in [-0.1, -0.05) is 54.1 Å². The fraction of sp³-hybridized carbons (Fsp3) is 0.207. The maximum atomic E-state index is 13.9. The summed E-state index contributed by atoms with van der Waals surface area (Å²) >= 11 is 6.40. The number of carbonyl (C=O) groups is 3. The number of anilines is 1. The number of hydrogen-bond donors (Lipinski definition) is 0. The van der Waals surface area contributed by atoms with Crippen LogP contribution in [-0.2, 0) is 14.4 Å². The van der Waals surface area contributed by atoms with E-state index in [4.69, 9.17) is 21.1 Å². The third kappa shape index (κ3) is 3.28. The number of methoxy groups -OCH3 is 1. The van der Waals surface area contributed by atoms with Gasteiger partial charge in [0, 0.05) is 11.5 Å². The van der Waals surface area contributed by atoms with Crippen LogP contribution in [-0.4, -0.2) is 24.9 Å². The quantitative estimate of drug-likeness (QED) is 0.282. The minimum Gasteiger partial charge on any atom is -0.497 e. The highest BCUT2D eigenvalue weighted by Crippen LogP contribution is 2.55. The van der Waals surface area contributed by atoms with E-state index >= 15 is 0 Å². The Balaban J connectivity index is 1.55. The van der Waals surface area contributed by atoms with Crippen molar-refractivity contribution in [3.8, 4) is 11.5 Å². The normalized spacial score (nSPS) is 24.5. The van der Waals surface area contributed by atoms with Crippen LogP contribution >= 0.6 is 11.6 Å². The molecule has 3 aromatic rings. The lowest BCUT2D eigenvalue weighted by molar-refractivity contribution is -0.142. The number of halogens is 1. The summed E-state index contributed by atoms with van der Waals surface area (Å²) in [6, 6.07) is 19.9. The molecule has 2 amide bonds. The number of ether oxygens (including phenoxy) is 2. The molecule has 2 aliphatic heterocycles. The molecule has 1 aliphatic carbocycles. The van der Waals surface area contributed by atoms with Crippen molar-refractivity contribution in [1.82, 2.24) is 0 Å². The molecule has 3 aliphatic rings. The summed E-state index contributed by atoms with van der Waals surface area (Å²) in [6.45, 7) is 1.92. The van der Waals surface area contributed by atoms with E-state index in [2.05, 4.69) is 0 Å². The fourth-order valence-corrected chi connectivity index (χ4v) is 5.91. The number of esters is 1. The molecule has 0 saturated carbocycles. The summed E-state index contributed by atoms with van der Waals surface area (Å²) in [7, 11) is 1.59. The molecule has 4 atom stereocenters. The molecule has 0 radical (unpaired) electrons. The average Bonchev–Trinajstić information content (AvgIpc) is 3.13. The Labute approximate surface area is 213 Å². The zero-order valence-electron chi connectivity index (χ0n) is 19.6. The van der Waals surface area contributed by atoms with Crippen LogP contribution in [0.4, 0.5) is 5.69 Å². The van der Waals surface area contributed by atoms with Gasteiger partial charge in [-0.05, 0) is 54.0 Å². The predicted molar refractivity (Wildman–Crippen MR) is 135 cm³/mol. The van der Waals surface area contributed by atoms with E-state index < -0.39 is 35.5 Å². The Bertz CT molecular complexity index is 1460. The Morgan fingerprint density at radius 2 is 1.64 bits per heavy atom. The summed E-state index contributed by atoms with van der Waals surface area (Å²) in [5, 5.41) is 0.291. The maximum absolute atomic E-state index is 13.9. The third-order valence-electron chi connectivity index (χ3n) is 7.34. The van der Waals surface area contributed by atoms with Crippen molar-refractivity contribution in [3.05, 3.63) is 94.5 Å². The molecule has 0 bridgehead atoms. The number of benzene rings is 3. The molecule has 0 N–H and O–H groups in total. The van der Waals surface area contributed by atoms with Crippen LogP contribution in [0, 0.1) is 24.7 Å². The van der Waals surface area contributed by atoms with Gasteiger partial charge < -0.3 is 9.47 Å². The second kappa shape index (κ2) is 8.35. The van der Waals surface area contributed by atoms with Gasteiger partial charge in [-0.15, -0.1) is 0 Å². The van der Waals surface area contributed by atoms with Gasteiger partial charge in [0.1, 0.15) is 11.5 Å². The number of para-hydroxylation sites is 1. The first-order valence-corrected chi connectivity index (χ1v) is 12.1. The van der Waals surface area contributed by atoms with E-state index in [0.717, 1.165) is 21.6 Å². The number of rotatable bonds is 3. The molecule has 0 aromatic heterocycles. The van der Waals surface area contributed by atoms with Gasteiger partial charge in [0.2, 0.25) is 11.8 Å². The summed E-state index contributed by atoms with van der Waals surface area (Å²) in [6.07, 6.45) is 1.96. The SMILES string of the molecule is COc1ccc([C@@H]2C=C3c4ccc(C)cc4OC(=O)[C@@H]3[C@@H]3C(=O)N(c4ccccc4Cl)C(=O)[C@H]32)cc1. The molecule has 6 nitrogen and oxygen atoms in total. The smallest absolute Gasteiger partial charge is 0.319 e. The lowest BCUT2D eigenvalue weighted by Gasteiger charge is -2.38. The van der Waals surface area contributed by atoms with Crippen LogP contribution in [0.25, 0.3) is 5.57 Å². The molecular weight excluding hydrogens is 478 g/mol. The topological polar surface area (TPSA) is 72.9 Å². The maximum Gasteiger partial charge on any atom is 0.319 e. The third-order valence-corrected chi connectivity index (χ3v) is 7.66. The summed E-state index contributed by atoms with van der Waals surface area (Å²) < 4.78 is 11.0. The highest BCUT2D eigenvalue weighted by molar-refractivity contribution is 6.36. The van der Waals surface area contributed by atoms with E-state index in [0.29, 0.717) is 27.8 Å². The number of hydrogen-bond acceptors (Lipinski definition) is 5. The fourth-order valence-electron chi connectivity index (χ4n) is 5.69. The Hall–Kier alpha value is -3.90. The van der Waals surface area contributed by atoms with Gasteiger partial charge in [0.25, 0.3) is 0 Å². The van der Waals surface area contributed by atoms with Gasteiger partial charge in [0.15, 0.2) is 0 Å². The Kier molecular flexibility index (Phi) is 5.23. The van der Waals surface area contributed by atoms with Crippen molar-refractivity contribution >= 4 is 40.6 Å². The zero-order chi connectivity index (χ0) is 25.1. The first kappa shape index (κ1) is 22.6. The minimum absolute atomic E-state index is 0.291. The molecule has 2 heterocycles. The minimum atomic E-state index is -0.914. The Morgan fingerprint density at radius 1 is 0.917 bits per heavy atom. The van der Waals surface area contributed by atoms with Crippen molar-refractivity contribution in [3.63, 3.8) is 0 Å². The zero-order valence-corrected chi connectivity index (χ0v) is 20.4. The number of allylic oxidation sites excluding steroid dienone is 1. The summed E-state index contributed by atoms with van der Waals surface area (Å²) in [5.41, 5.74) is 3.60. The largest absolute Gasteiger partial charge is 0.497 e. The van der Waals surface area contributed by atoms with E-state index in [9.17, 15) is 14.4 Å². The van der Waals surface area contributed by atoms with E-state index in [1.807, 2.05) is 55.5 Å². The molecule has 1 fully saturated rings. The first-order chi connectivity index (χ1) is 17.4. The molecular formula is C29H22ClNO5. The van der Waals surface area contributed by atoms with Gasteiger partial charge in [-0.3, -0.25) is 14.4 Å². The first-order valence-electron chi connectivity index (χ1n) is 11.7. The second-order valence-corrected chi connectivity index (χ2v) is 9.74. The standard InChI is InChI=1S/C29H22ClNO5/c1-15-7-12-18-20-14-19(16-8-10-17(35-2)11-9-16)24-26(25(20)29(34)36-23(18)13-15)28(33)31(27(24)32)22-6-4-3-5-21(22)30/h3-14,19,24-26H,1-2H3/t19-,24-,25-,26+/m0/s1. The highest BCUT2D eigenvalue weighted by Gasteiger charge is 2.60. The van der Waals surface area contributed by atoms with Crippen LogP contribution in [0.3, 0.4) is 0 Å². The van der Waals surface area contributed by atoms with Crippen molar-refractivity contribution in [2.24, 2.45) is 17.8 Å². The van der Waals surface area contributed by atoms with E-state index in [1.165, 1.54) is 0 Å². The predicted octanol–water partition coefficient (Wildman–Crippen LogP) is 5.18. The van der Waals surface area contributed by atoms with Crippen molar-refractivity contribution in [1.29, 1.82) is 0 Å². The number of nitrogens with zero attached hydrogens (tertiary/aromatic N) is 1. The van der Waals surface area contributed by atoms with E-state index in [1.54, 1.807) is 31.4 Å². The molecule has 1 saturated heterocycles.